The third-order valence-electron chi connectivity index (χ3n) is 5.13. The molecule has 3 rings (SSSR count). The van der Waals surface area contributed by atoms with Crippen molar-refractivity contribution in [1.29, 1.82) is 0 Å². The third kappa shape index (κ3) is 8.08. The summed E-state index contributed by atoms with van der Waals surface area (Å²) in [5.74, 6) is 0.172. The van der Waals surface area contributed by atoms with Gasteiger partial charge in [-0.15, -0.1) is 24.8 Å². The van der Waals surface area contributed by atoms with Gasteiger partial charge >= 0.3 is 6.36 Å². The van der Waals surface area contributed by atoms with E-state index >= 15 is 0 Å². The summed E-state index contributed by atoms with van der Waals surface area (Å²) in [7, 11) is 0. The molecule has 0 saturated carbocycles. The summed E-state index contributed by atoms with van der Waals surface area (Å²) in [5, 5.41) is 0. The Morgan fingerprint density at radius 2 is 1.66 bits per heavy atom. The van der Waals surface area contributed by atoms with Gasteiger partial charge in [-0.3, -0.25) is 4.79 Å². The molecule has 0 N–H and O–H groups in total. The molecule has 1 aromatic carbocycles. The number of allylic oxidation sites excluding steroid dienone is 3. The van der Waals surface area contributed by atoms with E-state index in [0.717, 1.165) is 24.2 Å². The number of anilines is 1. The minimum atomic E-state index is -4.69. The van der Waals surface area contributed by atoms with Gasteiger partial charge in [0.2, 0.25) is 5.91 Å². The van der Waals surface area contributed by atoms with Crippen LogP contribution in [-0.4, -0.2) is 42.7 Å². The second-order valence-electron chi connectivity index (χ2n) is 6.93. The summed E-state index contributed by atoms with van der Waals surface area (Å²) >= 11 is 5.62. The van der Waals surface area contributed by atoms with Gasteiger partial charge < -0.3 is 14.5 Å². The maximum atomic E-state index is 12.3. The zero-order valence-corrected chi connectivity index (χ0v) is 20.3. The number of piperidine rings is 1. The summed E-state index contributed by atoms with van der Waals surface area (Å²) < 4.78 is 40.8. The smallest absolute Gasteiger partial charge is 0.406 e. The molecule has 2 aliphatic rings. The maximum Gasteiger partial charge on any atom is 0.573 e. The van der Waals surface area contributed by atoms with Crippen molar-refractivity contribution in [3.05, 3.63) is 47.7 Å². The number of benzene rings is 1. The van der Waals surface area contributed by atoms with E-state index < -0.39 is 6.36 Å². The molecule has 2 heterocycles. The lowest BCUT2D eigenvalue weighted by molar-refractivity contribution is -0.274. The molecule has 0 spiro atoms. The van der Waals surface area contributed by atoms with Crippen LogP contribution in [0.15, 0.2) is 47.7 Å². The highest BCUT2D eigenvalue weighted by atomic mass is 35.5. The van der Waals surface area contributed by atoms with Crippen molar-refractivity contribution in [3.8, 4) is 5.75 Å². The molecule has 4 nitrogen and oxygen atoms in total. The highest BCUT2D eigenvalue weighted by Crippen LogP contribution is 2.32. The van der Waals surface area contributed by atoms with Crippen molar-refractivity contribution in [2.75, 3.05) is 30.4 Å². The number of nitrogens with zero attached hydrogens (tertiary/aromatic N) is 2. The quantitative estimate of drug-likeness (QED) is 0.451. The molecule has 0 atom stereocenters. The van der Waals surface area contributed by atoms with Crippen molar-refractivity contribution in [1.82, 2.24) is 4.90 Å². The minimum absolute atomic E-state index is 0.0198. The first-order chi connectivity index (χ1) is 15.3. The van der Waals surface area contributed by atoms with E-state index in [1.165, 1.54) is 17.7 Å². The van der Waals surface area contributed by atoms with Crippen LogP contribution in [0.5, 0.6) is 5.75 Å². The summed E-state index contributed by atoms with van der Waals surface area (Å²) in [5.41, 5.74) is 3.09. The first-order valence-corrected chi connectivity index (χ1v) is 11.7. The summed E-state index contributed by atoms with van der Waals surface area (Å²) in [4.78, 5) is 15.5. The molecular formula is C24H34ClF3N2O2. The first kappa shape index (κ1) is 27.9. The minimum Gasteiger partial charge on any atom is -0.406 e. The van der Waals surface area contributed by atoms with Crippen molar-refractivity contribution in [3.63, 3.8) is 0 Å². The lowest BCUT2D eigenvalue weighted by Crippen LogP contribution is -2.39. The number of carbonyl (C=O) groups is 1. The van der Waals surface area contributed by atoms with Gasteiger partial charge in [0.1, 0.15) is 11.6 Å². The van der Waals surface area contributed by atoms with E-state index in [9.17, 15) is 18.0 Å². The molecule has 2 aliphatic heterocycles. The second kappa shape index (κ2) is 13.4. The Balaban J connectivity index is 0.00000121. The number of carbonyl (C=O) groups excluding carboxylic acids is 1. The van der Waals surface area contributed by atoms with E-state index in [0.29, 0.717) is 25.6 Å². The third-order valence-corrected chi connectivity index (χ3v) is 5.35. The molecule has 32 heavy (non-hydrogen) atoms. The summed E-state index contributed by atoms with van der Waals surface area (Å²) in [6, 6.07) is 5.87. The number of amides is 1. The highest BCUT2D eigenvalue weighted by Gasteiger charge is 2.31. The Labute approximate surface area is 194 Å². The van der Waals surface area contributed by atoms with E-state index in [-0.39, 0.29) is 17.5 Å². The van der Waals surface area contributed by atoms with Gasteiger partial charge in [0, 0.05) is 31.0 Å². The van der Waals surface area contributed by atoms with Gasteiger partial charge in [-0.1, -0.05) is 33.8 Å². The van der Waals surface area contributed by atoms with Crippen LogP contribution in [-0.2, 0) is 4.79 Å². The SMILES string of the molecule is CC.CC.CC1=CC(C2CCN(C(=O)CCl)CC2)=CCN1c1ccc(OC(F)(F)F)cc1. The van der Waals surface area contributed by atoms with Crippen molar-refractivity contribution in [2.24, 2.45) is 5.92 Å². The standard InChI is InChI=1S/C20H22ClF3N2O2.2C2H6/c1-14-12-16(15-6-9-25(10-7-15)19(27)13-21)8-11-26(14)17-2-4-18(5-3-17)28-20(22,23)24;2*1-2/h2-5,8,12,15H,6-7,9-11,13H2,1H3;2*1-2H3. The summed E-state index contributed by atoms with van der Waals surface area (Å²) in [6.07, 6.45) is 1.39. The van der Waals surface area contributed by atoms with E-state index in [1.807, 2.05) is 39.5 Å². The number of hydrogen-bond acceptors (Lipinski definition) is 3. The molecule has 8 heteroatoms. The highest BCUT2D eigenvalue weighted by molar-refractivity contribution is 6.27. The molecule has 1 aromatic rings. The molecule has 0 aromatic heterocycles. The van der Waals surface area contributed by atoms with E-state index in [1.54, 1.807) is 17.0 Å². The fourth-order valence-electron chi connectivity index (χ4n) is 3.69. The van der Waals surface area contributed by atoms with Crippen molar-refractivity contribution >= 4 is 23.2 Å². The van der Waals surface area contributed by atoms with Gasteiger partial charge in [0.15, 0.2) is 0 Å². The lowest BCUT2D eigenvalue weighted by atomic mass is 9.87. The van der Waals surface area contributed by atoms with Crippen LogP contribution in [0, 0.1) is 5.92 Å². The van der Waals surface area contributed by atoms with Crippen LogP contribution in [0.1, 0.15) is 47.5 Å². The van der Waals surface area contributed by atoms with Crippen LogP contribution in [0.4, 0.5) is 18.9 Å². The first-order valence-electron chi connectivity index (χ1n) is 11.1. The van der Waals surface area contributed by atoms with Crippen LogP contribution < -0.4 is 9.64 Å². The largest absolute Gasteiger partial charge is 0.573 e. The van der Waals surface area contributed by atoms with Gasteiger partial charge in [0.05, 0.1) is 0 Å². The fraction of sp³-hybridized carbons (Fsp3) is 0.542. The molecule has 180 valence electrons. The topological polar surface area (TPSA) is 32.8 Å². The second-order valence-corrected chi connectivity index (χ2v) is 7.20. The Morgan fingerprint density at radius 3 is 2.12 bits per heavy atom. The average Bonchev–Trinajstić information content (AvgIpc) is 2.81. The van der Waals surface area contributed by atoms with Crippen LogP contribution in [0.3, 0.4) is 0 Å². The Hall–Kier alpha value is -2.15. The predicted octanol–water partition coefficient (Wildman–Crippen LogP) is 6.77. The van der Waals surface area contributed by atoms with Crippen LogP contribution in [0.2, 0.25) is 0 Å². The number of likely N-dealkylation sites (tertiary alicyclic amines) is 1. The van der Waals surface area contributed by atoms with Gasteiger partial charge in [-0.05, 0) is 61.6 Å². The van der Waals surface area contributed by atoms with Crippen LogP contribution in [0.25, 0.3) is 0 Å². The zero-order chi connectivity index (χ0) is 24.3. The van der Waals surface area contributed by atoms with E-state index in [4.69, 9.17) is 11.6 Å². The molecule has 0 aliphatic carbocycles. The molecule has 1 saturated heterocycles. The van der Waals surface area contributed by atoms with Crippen molar-refractivity contribution in [2.45, 2.75) is 53.8 Å². The van der Waals surface area contributed by atoms with Crippen molar-refractivity contribution < 1.29 is 22.7 Å². The number of rotatable bonds is 4. The lowest BCUT2D eigenvalue weighted by Gasteiger charge is -2.35. The fourth-order valence-corrected chi connectivity index (χ4v) is 3.86. The monoisotopic (exact) mass is 474 g/mol. The average molecular weight is 475 g/mol. The zero-order valence-electron chi connectivity index (χ0n) is 19.5. The van der Waals surface area contributed by atoms with Gasteiger partial charge in [-0.2, -0.15) is 0 Å². The number of ether oxygens (including phenoxy) is 1. The predicted molar refractivity (Wildman–Crippen MR) is 125 cm³/mol. The number of alkyl halides is 4. The molecule has 0 unspecified atom stereocenters. The molecule has 1 amide bonds. The Kier molecular flexibility index (Phi) is 11.7. The number of hydrogen-bond donors (Lipinski definition) is 0. The van der Waals surface area contributed by atoms with Crippen LogP contribution >= 0.6 is 11.6 Å². The Morgan fingerprint density at radius 1 is 1.09 bits per heavy atom. The molecular weight excluding hydrogens is 441 g/mol. The Bertz CT molecular complexity index is 768. The van der Waals surface area contributed by atoms with Gasteiger partial charge in [0.25, 0.3) is 0 Å². The number of halogens is 4. The molecule has 1 fully saturated rings. The normalized spacial score (nSPS) is 16.7. The van der Waals surface area contributed by atoms with E-state index in [2.05, 4.69) is 16.9 Å². The molecule has 0 radical (unpaired) electrons. The molecule has 0 bridgehead atoms. The van der Waals surface area contributed by atoms with Gasteiger partial charge in [-0.25, -0.2) is 0 Å². The maximum absolute atomic E-state index is 12.3. The summed E-state index contributed by atoms with van der Waals surface area (Å²) in [6.45, 7) is 12.1.